The van der Waals surface area contributed by atoms with Crippen LogP contribution in [-0.2, 0) is 0 Å². The van der Waals surface area contributed by atoms with Crippen molar-refractivity contribution in [1.82, 2.24) is 29.9 Å². The van der Waals surface area contributed by atoms with Gasteiger partial charge in [0.1, 0.15) is 5.82 Å². The molecule has 9 nitrogen and oxygen atoms in total. The van der Waals surface area contributed by atoms with E-state index < -0.39 is 0 Å². The Morgan fingerprint density at radius 1 is 0.256 bits per heavy atom. The lowest BCUT2D eigenvalue weighted by atomic mass is 9.87. The Morgan fingerprint density at radius 2 is 0.610 bits per heavy atom. The molecule has 0 spiro atoms. The number of anilines is 6. The number of nitrogens with zero attached hydrogens (tertiary/aromatic N) is 9. The second kappa shape index (κ2) is 21.4. The summed E-state index contributed by atoms with van der Waals surface area (Å²) < 4.78 is 0. The average molecular weight is 1050 g/mol. The Labute approximate surface area is 475 Å². The van der Waals surface area contributed by atoms with Crippen LogP contribution in [0.25, 0.3) is 102 Å². The Bertz CT molecular complexity index is 4280. The highest BCUT2D eigenvalue weighted by Crippen LogP contribution is 2.57. The van der Waals surface area contributed by atoms with Crippen molar-refractivity contribution in [1.29, 1.82) is 5.26 Å². The monoisotopic (exact) mass is 1050 g/mol. The van der Waals surface area contributed by atoms with E-state index in [1.807, 2.05) is 146 Å². The van der Waals surface area contributed by atoms with E-state index in [4.69, 9.17) is 29.9 Å². The topological polar surface area (TPSA) is 108 Å². The average Bonchev–Trinajstić information content (AvgIpc) is 2.51. The first kappa shape index (κ1) is 48.9. The first-order valence-electron chi connectivity index (χ1n) is 27.1. The molecule has 0 bridgehead atoms. The van der Waals surface area contributed by atoms with E-state index in [9.17, 15) is 5.26 Å². The molecule has 0 unspecified atom stereocenters. The van der Waals surface area contributed by atoms with Gasteiger partial charge in [-0.3, -0.25) is 4.90 Å². The van der Waals surface area contributed by atoms with Crippen molar-refractivity contribution in [3.8, 4) is 108 Å². The van der Waals surface area contributed by atoms with Crippen LogP contribution in [0.5, 0.6) is 0 Å². The molecular weight excluding hydrogens is 1000 g/mol. The molecule has 13 aromatic rings. The summed E-state index contributed by atoms with van der Waals surface area (Å²) in [4.78, 5) is 36.8. The lowest BCUT2D eigenvalue weighted by molar-refractivity contribution is 1.09. The Kier molecular flexibility index (Phi) is 12.8. The SMILES string of the molecule is N#Cc1ccc(-c2c(-c3cc(-c4ccccc4)nc(-c4ccccc4)n3)ccc(N3c4ccccc4N(c4cc(-c5ccccc5)nc(-c5ccccc5)n4)c4ccccc43)c2-c2cc(-c3ccccc3)nc(-c3ccccc3)n2)cc1. The van der Waals surface area contributed by atoms with Crippen LogP contribution in [0.3, 0.4) is 0 Å². The van der Waals surface area contributed by atoms with E-state index in [2.05, 4.69) is 155 Å². The number of fused-ring (bicyclic) bond motifs is 2. The van der Waals surface area contributed by atoms with Crippen LogP contribution in [0.2, 0.25) is 0 Å². The molecule has 0 aliphatic carbocycles. The van der Waals surface area contributed by atoms with Crippen molar-refractivity contribution in [2.45, 2.75) is 0 Å². The molecule has 4 heterocycles. The van der Waals surface area contributed by atoms with E-state index >= 15 is 0 Å². The van der Waals surface area contributed by atoms with Crippen LogP contribution in [0, 0.1) is 11.3 Å². The van der Waals surface area contributed by atoms with Gasteiger partial charge in [0.15, 0.2) is 17.5 Å². The second-order valence-corrected chi connectivity index (χ2v) is 19.8. The fourth-order valence-electron chi connectivity index (χ4n) is 10.8. The van der Waals surface area contributed by atoms with Gasteiger partial charge in [-0.25, -0.2) is 29.9 Å². The Balaban J connectivity index is 1.08. The van der Waals surface area contributed by atoms with Gasteiger partial charge in [-0.2, -0.15) is 5.26 Å². The summed E-state index contributed by atoms with van der Waals surface area (Å²) in [6.45, 7) is 0. The number of rotatable bonds is 11. The van der Waals surface area contributed by atoms with Crippen LogP contribution in [0.15, 0.2) is 285 Å². The molecule has 0 radical (unpaired) electrons. The molecular formula is C73H47N9. The Hall–Kier alpha value is -11.5. The second-order valence-electron chi connectivity index (χ2n) is 19.8. The van der Waals surface area contributed by atoms with Crippen LogP contribution >= 0.6 is 0 Å². The van der Waals surface area contributed by atoms with Gasteiger partial charge < -0.3 is 4.90 Å². The van der Waals surface area contributed by atoms with E-state index in [1.54, 1.807) is 0 Å². The number of aromatic nitrogens is 6. The van der Waals surface area contributed by atoms with E-state index in [0.29, 0.717) is 40.2 Å². The smallest absolute Gasteiger partial charge is 0.162 e. The van der Waals surface area contributed by atoms with Crippen molar-refractivity contribution < 1.29 is 0 Å². The molecule has 0 saturated heterocycles. The summed E-state index contributed by atoms with van der Waals surface area (Å²) in [6.07, 6.45) is 0. The quantitative estimate of drug-likeness (QED) is 0.125. The van der Waals surface area contributed by atoms with Crippen LogP contribution < -0.4 is 9.80 Å². The van der Waals surface area contributed by atoms with Crippen molar-refractivity contribution >= 4 is 34.3 Å². The molecule has 14 rings (SSSR count). The van der Waals surface area contributed by atoms with Gasteiger partial charge in [0, 0.05) is 56.1 Å². The van der Waals surface area contributed by atoms with Gasteiger partial charge in [0.25, 0.3) is 0 Å². The van der Waals surface area contributed by atoms with Gasteiger partial charge in [0.2, 0.25) is 0 Å². The molecule has 0 N–H and O–H groups in total. The lowest BCUT2D eigenvalue weighted by Crippen LogP contribution is -2.25. The number of hydrogen-bond acceptors (Lipinski definition) is 9. The highest BCUT2D eigenvalue weighted by Gasteiger charge is 2.35. The maximum absolute atomic E-state index is 10.3. The highest BCUT2D eigenvalue weighted by molar-refractivity contribution is 6.08. The largest absolute Gasteiger partial charge is 0.306 e. The van der Waals surface area contributed by atoms with Gasteiger partial charge in [-0.1, -0.05) is 224 Å². The maximum Gasteiger partial charge on any atom is 0.162 e. The summed E-state index contributed by atoms with van der Waals surface area (Å²) in [7, 11) is 0. The zero-order valence-corrected chi connectivity index (χ0v) is 44.2. The molecule has 0 atom stereocenters. The standard InChI is InChI=1S/C73H47N9/c74-48-49-39-41-53(42-40-49)69-57(61-45-58(50-23-7-1-8-24-50)75-71(78-61)54-29-13-4-14-30-54)43-44-67(70(69)62-46-59(51-25-9-2-10-26-51)76-72(79-62)55-31-15-5-16-32-55)81-63-35-19-21-37-65(63)82(66-38-22-20-36-64(66)81)68-47-60(52-27-11-3-12-28-52)77-73(80-68)56-33-17-6-18-34-56/h1-47H. The first-order valence-corrected chi connectivity index (χ1v) is 27.1. The van der Waals surface area contributed by atoms with Crippen molar-refractivity contribution in [3.05, 3.63) is 291 Å². The van der Waals surface area contributed by atoms with Crippen LogP contribution in [0.4, 0.5) is 34.3 Å². The summed E-state index contributed by atoms with van der Waals surface area (Å²) in [5.41, 5.74) is 17.6. The van der Waals surface area contributed by atoms with Crippen LogP contribution in [-0.4, -0.2) is 29.9 Å². The minimum absolute atomic E-state index is 0.539. The van der Waals surface area contributed by atoms with Gasteiger partial charge >= 0.3 is 0 Å². The number of nitriles is 1. The molecule has 3 aromatic heterocycles. The van der Waals surface area contributed by atoms with Crippen molar-refractivity contribution in [3.63, 3.8) is 0 Å². The number of para-hydroxylation sites is 4. The lowest BCUT2D eigenvalue weighted by Gasteiger charge is -2.41. The Morgan fingerprint density at radius 3 is 1.05 bits per heavy atom. The molecule has 384 valence electrons. The molecule has 1 aliphatic heterocycles. The minimum Gasteiger partial charge on any atom is -0.306 e. The zero-order valence-electron chi connectivity index (χ0n) is 44.2. The summed E-state index contributed by atoms with van der Waals surface area (Å²) >= 11 is 0. The molecule has 0 amide bonds. The minimum atomic E-state index is 0.539. The third kappa shape index (κ3) is 9.28. The fourth-order valence-corrected chi connectivity index (χ4v) is 10.8. The van der Waals surface area contributed by atoms with Crippen molar-refractivity contribution in [2.75, 3.05) is 9.80 Å². The maximum atomic E-state index is 10.3. The molecule has 10 aromatic carbocycles. The molecule has 82 heavy (non-hydrogen) atoms. The fraction of sp³-hybridized carbons (Fsp3) is 0. The third-order valence-corrected chi connectivity index (χ3v) is 14.7. The summed E-state index contributed by atoms with van der Waals surface area (Å²) in [6, 6.07) is 99.0. The van der Waals surface area contributed by atoms with E-state index in [1.165, 1.54) is 0 Å². The third-order valence-electron chi connectivity index (χ3n) is 14.7. The zero-order chi connectivity index (χ0) is 54.8. The summed E-state index contributed by atoms with van der Waals surface area (Å²) in [5, 5.41) is 10.3. The number of benzene rings is 10. The highest BCUT2D eigenvalue weighted by atomic mass is 15.3. The predicted molar refractivity (Wildman–Crippen MR) is 330 cm³/mol. The normalized spacial score (nSPS) is 11.6. The predicted octanol–water partition coefficient (Wildman–Crippen LogP) is 18.2. The van der Waals surface area contributed by atoms with Gasteiger partial charge in [-0.05, 0) is 60.2 Å². The van der Waals surface area contributed by atoms with Crippen LogP contribution in [0.1, 0.15) is 5.56 Å². The first-order chi connectivity index (χ1) is 40.6. The molecule has 0 saturated carbocycles. The molecule has 0 fully saturated rings. The number of hydrogen-bond donors (Lipinski definition) is 0. The van der Waals surface area contributed by atoms with E-state index in [0.717, 1.165) is 101 Å². The van der Waals surface area contributed by atoms with Gasteiger partial charge in [-0.15, -0.1) is 0 Å². The molecule has 1 aliphatic rings. The van der Waals surface area contributed by atoms with E-state index in [-0.39, 0.29) is 0 Å². The van der Waals surface area contributed by atoms with Gasteiger partial charge in [0.05, 0.1) is 68.5 Å². The van der Waals surface area contributed by atoms with Crippen molar-refractivity contribution in [2.24, 2.45) is 0 Å². The summed E-state index contributed by atoms with van der Waals surface area (Å²) in [5.74, 6) is 2.48. The molecule has 9 heteroatoms.